The Kier molecular flexibility index (Phi) is 2.31. The van der Waals surface area contributed by atoms with Crippen molar-refractivity contribution in [1.29, 1.82) is 0 Å². The molecule has 0 saturated carbocycles. The highest BCUT2D eigenvalue weighted by Crippen LogP contribution is 2.21. The smallest absolute Gasteiger partial charge is 0.214 e. The molecule has 0 radical (unpaired) electrons. The normalized spacial score (nSPS) is 10.7. The van der Waals surface area contributed by atoms with Gasteiger partial charge in [-0.3, -0.25) is 4.68 Å². The van der Waals surface area contributed by atoms with Gasteiger partial charge in [-0.05, 0) is 34.8 Å². The Morgan fingerprint density at radius 3 is 2.79 bits per heavy atom. The summed E-state index contributed by atoms with van der Waals surface area (Å²) in [7, 11) is 1.85. The van der Waals surface area contributed by atoms with Gasteiger partial charge < -0.3 is 5.84 Å². The first-order valence-electron chi connectivity index (χ1n) is 3.71. The average Bonchev–Trinajstić information content (AvgIpc) is 2.63. The van der Waals surface area contributed by atoms with E-state index in [1.807, 2.05) is 7.05 Å². The summed E-state index contributed by atoms with van der Waals surface area (Å²) in [5.74, 6) is 6.28. The predicted molar refractivity (Wildman–Crippen MR) is 62.5 cm³/mol. The van der Waals surface area contributed by atoms with E-state index in [0.29, 0.717) is 10.6 Å². The maximum atomic E-state index is 5.69. The molecule has 0 aliphatic heterocycles. The van der Waals surface area contributed by atoms with Gasteiger partial charge in [-0.2, -0.15) is 10.2 Å². The number of nitrogens with one attached hydrogen (secondary N) is 1. The molecule has 0 bridgehead atoms. The van der Waals surface area contributed by atoms with Crippen molar-refractivity contribution >= 4 is 34.8 Å². The molecule has 2 aromatic rings. The second-order valence-corrected chi connectivity index (χ2v) is 4.10. The van der Waals surface area contributed by atoms with Crippen LogP contribution in [-0.2, 0) is 7.05 Å². The first-order valence-corrected chi connectivity index (χ1v) is 5.20. The third-order valence-corrected chi connectivity index (χ3v) is 3.38. The minimum absolute atomic E-state index is 0.389. The van der Waals surface area contributed by atoms with E-state index in [4.69, 9.17) is 18.1 Å². The van der Waals surface area contributed by atoms with Gasteiger partial charge in [0.05, 0.1) is 11.8 Å². The summed E-state index contributed by atoms with van der Waals surface area (Å²) in [4.78, 5) is 0. The molecule has 0 aliphatic rings. The van der Waals surface area contributed by atoms with Crippen LogP contribution < -0.4 is 5.84 Å². The van der Waals surface area contributed by atoms with Crippen molar-refractivity contribution in [3.8, 4) is 11.4 Å². The Morgan fingerprint density at radius 1 is 1.64 bits per heavy atom. The number of nitrogen functional groups attached to an aromatic ring is 1. The van der Waals surface area contributed by atoms with Crippen LogP contribution in [0.5, 0.6) is 0 Å². The summed E-state index contributed by atoms with van der Waals surface area (Å²) in [6.07, 6.45) is 1.70. The van der Waals surface area contributed by atoms with Crippen molar-refractivity contribution < 1.29 is 0 Å². The lowest BCUT2D eigenvalue weighted by Crippen LogP contribution is -2.10. The van der Waals surface area contributed by atoms with Crippen LogP contribution in [0.3, 0.4) is 0 Å². The summed E-state index contributed by atoms with van der Waals surface area (Å²) in [6, 6.07) is 0. The van der Waals surface area contributed by atoms with Crippen LogP contribution in [0, 0.1) is 8.47 Å². The molecule has 6 nitrogen and oxygen atoms in total. The van der Waals surface area contributed by atoms with Crippen LogP contribution >= 0.6 is 34.8 Å². The maximum Gasteiger partial charge on any atom is 0.214 e. The Bertz CT molecular complexity index is 523. The number of hydrogen-bond donors (Lipinski definition) is 2. The Hall–Kier alpha value is -0.900. The summed E-state index contributed by atoms with van der Waals surface area (Å²) in [5.41, 5.74) is 0.864. The molecule has 0 amide bonds. The molecule has 0 atom stereocenters. The van der Waals surface area contributed by atoms with Crippen molar-refractivity contribution in [3.05, 3.63) is 14.7 Å². The van der Waals surface area contributed by atoms with E-state index in [-0.39, 0.29) is 0 Å². The Balaban J connectivity index is 2.66. The minimum atomic E-state index is 0.389. The SMILES string of the molecule is Cn1ncc(-c2n[nH]c(=S)n2N)c1I. The molecule has 0 aliphatic carbocycles. The lowest BCUT2D eigenvalue weighted by molar-refractivity contribution is 0.747. The highest BCUT2D eigenvalue weighted by atomic mass is 127. The van der Waals surface area contributed by atoms with Gasteiger partial charge in [0.1, 0.15) is 3.70 Å². The Morgan fingerprint density at radius 2 is 2.36 bits per heavy atom. The molecule has 14 heavy (non-hydrogen) atoms. The number of nitrogens with two attached hydrogens (primary N) is 1. The molecule has 3 N–H and O–H groups in total. The number of aryl methyl sites for hydroxylation is 1. The van der Waals surface area contributed by atoms with E-state index >= 15 is 0 Å². The van der Waals surface area contributed by atoms with Gasteiger partial charge in [0.25, 0.3) is 0 Å². The zero-order chi connectivity index (χ0) is 10.3. The van der Waals surface area contributed by atoms with Crippen molar-refractivity contribution in [2.45, 2.75) is 0 Å². The molecule has 2 aromatic heterocycles. The topological polar surface area (TPSA) is 77.5 Å². The fraction of sp³-hybridized carbons (Fsp3) is 0.167. The third kappa shape index (κ3) is 1.34. The van der Waals surface area contributed by atoms with Crippen LogP contribution in [-0.4, -0.2) is 24.7 Å². The van der Waals surface area contributed by atoms with Gasteiger partial charge >= 0.3 is 0 Å². The van der Waals surface area contributed by atoms with Crippen LogP contribution in [0.1, 0.15) is 0 Å². The first-order chi connectivity index (χ1) is 6.61. The lowest BCUT2D eigenvalue weighted by Gasteiger charge is -1.97. The summed E-state index contributed by atoms with van der Waals surface area (Å²) < 4.78 is 4.42. The van der Waals surface area contributed by atoms with Crippen molar-refractivity contribution in [2.24, 2.45) is 7.05 Å². The second-order valence-electron chi connectivity index (χ2n) is 2.70. The average molecular weight is 322 g/mol. The first kappa shape index (κ1) is 9.65. The van der Waals surface area contributed by atoms with Crippen LogP contribution in [0.4, 0.5) is 0 Å². The molecule has 0 saturated heterocycles. The fourth-order valence-corrected chi connectivity index (χ4v) is 1.70. The standard InChI is InChI=1S/C6H7IN6S/c1-12-4(7)3(2-9-12)5-10-11-6(14)13(5)8/h2H,8H2,1H3,(H,11,14). The van der Waals surface area contributed by atoms with E-state index < -0.39 is 0 Å². The summed E-state index contributed by atoms with van der Waals surface area (Å²) in [5, 5.41) is 10.7. The van der Waals surface area contributed by atoms with E-state index in [2.05, 4.69) is 37.9 Å². The number of rotatable bonds is 1. The molecule has 8 heteroatoms. The van der Waals surface area contributed by atoms with Crippen LogP contribution in [0.15, 0.2) is 6.20 Å². The van der Waals surface area contributed by atoms with Crippen molar-refractivity contribution in [3.63, 3.8) is 0 Å². The van der Waals surface area contributed by atoms with E-state index in [1.165, 1.54) is 4.68 Å². The molecule has 0 spiro atoms. The van der Waals surface area contributed by atoms with Gasteiger partial charge in [-0.25, -0.2) is 9.77 Å². The largest absolute Gasteiger partial charge is 0.335 e. The monoisotopic (exact) mass is 322 g/mol. The number of aromatic amines is 1. The van der Waals surface area contributed by atoms with Crippen molar-refractivity contribution in [1.82, 2.24) is 24.7 Å². The lowest BCUT2D eigenvalue weighted by atomic mass is 10.3. The maximum absolute atomic E-state index is 5.69. The molecular weight excluding hydrogens is 315 g/mol. The Labute approximate surface area is 98.2 Å². The van der Waals surface area contributed by atoms with Gasteiger partial charge in [0.2, 0.25) is 4.77 Å². The molecule has 0 aromatic carbocycles. The number of H-pyrrole nitrogens is 1. The zero-order valence-electron chi connectivity index (χ0n) is 7.23. The second kappa shape index (κ2) is 3.35. The molecule has 2 rings (SSSR count). The van der Waals surface area contributed by atoms with Gasteiger partial charge in [0, 0.05) is 7.05 Å². The molecule has 2 heterocycles. The number of nitrogens with zero attached hydrogens (tertiary/aromatic N) is 4. The van der Waals surface area contributed by atoms with E-state index in [9.17, 15) is 0 Å². The van der Waals surface area contributed by atoms with E-state index in [1.54, 1.807) is 10.9 Å². The van der Waals surface area contributed by atoms with E-state index in [0.717, 1.165) is 9.26 Å². The van der Waals surface area contributed by atoms with Crippen molar-refractivity contribution in [2.75, 3.05) is 5.84 Å². The summed E-state index contributed by atoms with van der Waals surface area (Å²) in [6.45, 7) is 0. The van der Waals surface area contributed by atoms with Crippen LogP contribution in [0.25, 0.3) is 11.4 Å². The number of hydrogen-bond acceptors (Lipinski definition) is 4. The molecular formula is C6H7IN6S. The third-order valence-electron chi connectivity index (χ3n) is 1.81. The zero-order valence-corrected chi connectivity index (χ0v) is 10.2. The highest BCUT2D eigenvalue weighted by Gasteiger charge is 2.13. The predicted octanol–water partition coefficient (Wildman–Crippen LogP) is 0.660. The van der Waals surface area contributed by atoms with Gasteiger partial charge in [-0.1, -0.05) is 0 Å². The molecule has 74 valence electrons. The minimum Gasteiger partial charge on any atom is -0.335 e. The summed E-state index contributed by atoms with van der Waals surface area (Å²) >= 11 is 7.09. The highest BCUT2D eigenvalue weighted by molar-refractivity contribution is 14.1. The number of halogens is 1. The van der Waals surface area contributed by atoms with Gasteiger partial charge in [-0.15, -0.1) is 0 Å². The molecule has 0 fully saturated rings. The quantitative estimate of drug-likeness (QED) is 0.459. The van der Waals surface area contributed by atoms with Gasteiger partial charge in [0.15, 0.2) is 5.82 Å². The molecule has 0 unspecified atom stereocenters. The number of aromatic nitrogens is 5. The fourth-order valence-electron chi connectivity index (χ4n) is 1.07. The van der Waals surface area contributed by atoms with Crippen LogP contribution in [0.2, 0.25) is 0 Å².